The first kappa shape index (κ1) is 14.8. The molecule has 7 heteroatoms. The van der Waals surface area contributed by atoms with Crippen molar-refractivity contribution in [3.63, 3.8) is 0 Å². The third-order valence-electron chi connectivity index (χ3n) is 3.32. The van der Waals surface area contributed by atoms with E-state index in [1.54, 1.807) is 6.07 Å². The van der Waals surface area contributed by atoms with Crippen LogP contribution in [0.2, 0.25) is 0 Å². The first-order valence-corrected chi connectivity index (χ1v) is 7.29. The molecule has 0 atom stereocenters. The van der Waals surface area contributed by atoms with Gasteiger partial charge < -0.3 is 15.6 Å². The highest BCUT2D eigenvalue weighted by Gasteiger charge is 2.16. The van der Waals surface area contributed by atoms with E-state index in [9.17, 15) is 10.1 Å². The number of rotatable bonds is 5. The molecule has 0 unspecified atom stereocenters. The summed E-state index contributed by atoms with van der Waals surface area (Å²) < 4.78 is 0. The van der Waals surface area contributed by atoms with E-state index in [1.807, 2.05) is 44.3 Å². The lowest BCUT2D eigenvalue weighted by molar-refractivity contribution is -0.384. The summed E-state index contributed by atoms with van der Waals surface area (Å²) in [7, 11) is 0. The number of hydrogen-bond acceptors (Lipinski definition) is 5. The Bertz CT molecular complexity index is 857. The molecule has 3 rings (SSSR count). The standard InChI is InChI=1S/C16H17N5O2/c1-10(2)18-15-6-5-14(21(22)23)16(20-15)19-12-3-4-13-11(9-12)7-8-17-13/h3-10,17H,1-2H3,(H2,18,19,20). The molecule has 2 heterocycles. The summed E-state index contributed by atoms with van der Waals surface area (Å²) in [5, 5.41) is 18.4. The number of aromatic nitrogens is 2. The lowest BCUT2D eigenvalue weighted by atomic mass is 10.2. The fourth-order valence-corrected chi connectivity index (χ4v) is 2.34. The second-order valence-electron chi connectivity index (χ2n) is 5.53. The van der Waals surface area contributed by atoms with Crippen molar-refractivity contribution < 1.29 is 4.92 Å². The van der Waals surface area contributed by atoms with Crippen LogP contribution in [0.15, 0.2) is 42.6 Å². The predicted molar refractivity (Wildman–Crippen MR) is 91.2 cm³/mol. The van der Waals surface area contributed by atoms with Crippen molar-refractivity contribution in [3.05, 3.63) is 52.7 Å². The first-order valence-electron chi connectivity index (χ1n) is 7.29. The van der Waals surface area contributed by atoms with Crippen LogP contribution in [0.3, 0.4) is 0 Å². The number of nitro groups is 1. The number of H-pyrrole nitrogens is 1. The zero-order valence-electron chi connectivity index (χ0n) is 12.8. The fourth-order valence-electron chi connectivity index (χ4n) is 2.34. The topological polar surface area (TPSA) is 95.9 Å². The molecular formula is C16H17N5O2. The molecular weight excluding hydrogens is 294 g/mol. The van der Waals surface area contributed by atoms with Crippen LogP contribution in [0.5, 0.6) is 0 Å². The van der Waals surface area contributed by atoms with Gasteiger partial charge in [-0.15, -0.1) is 0 Å². The van der Waals surface area contributed by atoms with Crippen molar-refractivity contribution in [2.75, 3.05) is 10.6 Å². The molecule has 2 aromatic heterocycles. The van der Waals surface area contributed by atoms with Gasteiger partial charge in [0.25, 0.3) is 0 Å². The number of aromatic amines is 1. The molecule has 23 heavy (non-hydrogen) atoms. The zero-order valence-corrected chi connectivity index (χ0v) is 12.8. The number of anilines is 3. The van der Waals surface area contributed by atoms with E-state index >= 15 is 0 Å². The number of benzene rings is 1. The largest absolute Gasteiger partial charge is 0.368 e. The third-order valence-corrected chi connectivity index (χ3v) is 3.32. The normalized spacial score (nSPS) is 10.9. The minimum absolute atomic E-state index is 0.0616. The maximum atomic E-state index is 11.2. The molecule has 118 valence electrons. The van der Waals surface area contributed by atoms with E-state index in [-0.39, 0.29) is 17.5 Å². The lowest BCUT2D eigenvalue weighted by Gasteiger charge is -2.12. The zero-order chi connectivity index (χ0) is 16.4. The Labute approximate surface area is 132 Å². The number of pyridine rings is 1. The van der Waals surface area contributed by atoms with Crippen molar-refractivity contribution in [2.24, 2.45) is 0 Å². The van der Waals surface area contributed by atoms with E-state index in [0.717, 1.165) is 16.6 Å². The fraction of sp³-hybridized carbons (Fsp3) is 0.188. The molecule has 0 bridgehead atoms. The van der Waals surface area contributed by atoms with Crippen LogP contribution in [0, 0.1) is 10.1 Å². The number of nitrogens with zero attached hydrogens (tertiary/aromatic N) is 2. The molecule has 0 saturated heterocycles. The van der Waals surface area contributed by atoms with Gasteiger partial charge in [-0.3, -0.25) is 10.1 Å². The van der Waals surface area contributed by atoms with Gasteiger partial charge in [-0.2, -0.15) is 0 Å². The molecule has 3 N–H and O–H groups in total. The number of fused-ring (bicyclic) bond motifs is 1. The van der Waals surface area contributed by atoms with E-state index < -0.39 is 4.92 Å². The Morgan fingerprint density at radius 3 is 2.78 bits per heavy atom. The Morgan fingerprint density at radius 2 is 2.04 bits per heavy atom. The van der Waals surface area contributed by atoms with Gasteiger partial charge in [-0.1, -0.05) is 0 Å². The summed E-state index contributed by atoms with van der Waals surface area (Å²) >= 11 is 0. The SMILES string of the molecule is CC(C)Nc1ccc([N+](=O)[O-])c(Nc2ccc3[nH]ccc3c2)n1. The molecule has 7 nitrogen and oxygen atoms in total. The maximum Gasteiger partial charge on any atom is 0.311 e. The van der Waals surface area contributed by atoms with Gasteiger partial charge in [0.05, 0.1) is 4.92 Å². The Hall–Kier alpha value is -3.09. The van der Waals surface area contributed by atoms with Crippen LogP contribution in [0.1, 0.15) is 13.8 Å². The highest BCUT2D eigenvalue weighted by atomic mass is 16.6. The summed E-state index contributed by atoms with van der Waals surface area (Å²) in [5.41, 5.74) is 1.69. The maximum absolute atomic E-state index is 11.2. The van der Waals surface area contributed by atoms with Crippen molar-refractivity contribution in [1.29, 1.82) is 0 Å². The monoisotopic (exact) mass is 311 g/mol. The van der Waals surface area contributed by atoms with Gasteiger partial charge in [0.2, 0.25) is 5.82 Å². The average molecular weight is 311 g/mol. The lowest BCUT2D eigenvalue weighted by Crippen LogP contribution is -2.12. The quantitative estimate of drug-likeness (QED) is 0.488. The first-order chi connectivity index (χ1) is 11.0. The van der Waals surface area contributed by atoms with E-state index in [4.69, 9.17) is 0 Å². The second kappa shape index (κ2) is 5.96. The van der Waals surface area contributed by atoms with Crippen molar-refractivity contribution in [1.82, 2.24) is 9.97 Å². The van der Waals surface area contributed by atoms with Gasteiger partial charge in [0, 0.05) is 34.9 Å². The van der Waals surface area contributed by atoms with E-state index in [2.05, 4.69) is 20.6 Å². The highest BCUT2D eigenvalue weighted by molar-refractivity contribution is 5.84. The molecule has 1 aromatic carbocycles. The summed E-state index contributed by atoms with van der Waals surface area (Å²) in [6.45, 7) is 3.96. The van der Waals surface area contributed by atoms with Crippen LogP contribution in [-0.4, -0.2) is 20.9 Å². The van der Waals surface area contributed by atoms with Gasteiger partial charge >= 0.3 is 5.69 Å². The second-order valence-corrected chi connectivity index (χ2v) is 5.53. The molecule has 0 spiro atoms. The van der Waals surface area contributed by atoms with Gasteiger partial charge in [0.1, 0.15) is 5.82 Å². The van der Waals surface area contributed by atoms with Crippen LogP contribution in [-0.2, 0) is 0 Å². The Kier molecular flexibility index (Phi) is 3.84. The Morgan fingerprint density at radius 1 is 1.22 bits per heavy atom. The summed E-state index contributed by atoms with van der Waals surface area (Å²) in [6.07, 6.45) is 1.85. The summed E-state index contributed by atoms with van der Waals surface area (Å²) in [4.78, 5) is 18.2. The molecule has 0 aliphatic heterocycles. The predicted octanol–water partition coefficient (Wildman–Crippen LogP) is 4.04. The average Bonchev–Trinajstić information content (AvgIpc) is 2.94. The molecule has 0 aliphatic carbocycles. The molecule has 0 aliphatic rings. The number of hydrogen-bond donors (Lipinski definition) is 3. The molecule has 3 aromatic rings. The third kappa shape index (κ3) is 3.23. The van der Waals surface area contributed by atoms with Crippen LogP contribution in [0.4, 0.5) is 23.0 Å². The van der Waals surface area contributed by atoms with Crippen LogP contribution < -0.4 is 10.6 Å². The van der Waals surface area contributed by atoms with Gasteiger partial charge in [-0.25, -0.2) is 4.98 Å². The van der Waals surface area contributed by atoms with Crippen molar-refractivity contribution in [3.8, 4) is 0 Å². The summed E-state index contributed by atoms with van der Waals surface area (Å²) in [6, 6.07) is 10.9. The van der Waals surface area contributed by atoms with E-state index in [1.165, 1.54) is 6.07 Å². The van der Waals surface area contributed by atoms with Crippen molar-refractivity contribution in [2.45, 2.75) is 19.9 Å². The highest BCUT2D eigenvalue weighted by Crippen LogP contribution is 2.28. The molecule has 0 saturated carbocycles. The van der Waals surface area contributed by atoms with Gasteiger partial charge in [0.15, 0.2) is 0 Å². The smallest absolute Gasteiger partial charge is 0.311 e. The van der Waals surface area contributed by atoms with Crippen LogP contribution >= 0.6 is 0 Å². The minimum atomic E-state index is -0.441. The van der Waals surface area contributed by atoms with E-state index in [0.29, 0.717) is 5.82 Å². The van der Waals surface area contributed by atoms with Crippen LogP contribution in [0.25, 0.3) is 10.9 Å². The molecule has 0 amide bonds. The summed E-state index contributed by atoms with van der Waals surface area (Å²) in [5.74, 6) is 0.811. The van der Waals surface area contributed by atoms with Crippen molar-refractivity contribution >= 4 is 33.9 Å². The minimum Gasteiger partial charge on any atom is -0.368 e. The van der Waals surface area contributed by atoms with Gasteiger partial charge in [-0.05, 0) is 44.2 Å². The Balaban J connectivity index is 1.96. The molecule has 0 fully saturated rings. The molecule has 0 radical (unpaired) electrons. The number of nitrogens with one attached hydrogen (secondary N) is 3.